The second-order valence-electron chi connectivity index (χ2n) is 6.63. The summed E-state index contributed by atoms with van der Waals surface area (Å²) in [6, 6.07) is 7.46. The molecule has 1 aromatic carbocycles. The molecule has 0 spiro atoms. The van der Waals surface area contributed by atoms with Crippen LogP contribution in [0.1, 0.15) is 20.3 Å². The van der Waals surface area contributed by atoms with Crippen molar-refractivity contribution in [1.82, 2.24) is 30.4 Å². The van der Waals surface area contributed by atoms with Crippen LogP contribution in [0.5, 0.6) is 0 Å². The van der Waals surface area contributed by atoms with Crippen LogP contribution in [-0.4, -0.2) is 68.4 Å². The van der Waals surface area contributed by atoms with Crippen molar-refractivity contribution in [3.05, 3.63) is 24.3 Å². The maximum Gasteiger partial charge on any atom is 0.313 e. The number of carbonyl (C=O) groups is 2. The van der Waals surface area contributed by atoms with E-state index in [4.69, 9.17) is 0 Å². The van der Waals surface area contributed by atoms with Crippen molar-refractivity contribution in [2.24, 2.45) is 0 Å². The first-order valence-corrected chi connectivity index (χ1v) is 9.99. The molecular formula is C17H23N7O2S. The number of nitrogens with one attached hydrogen (secondary N) is 2. The van der Waals surface area contributed by atoms with Gasteiger partial charge in [0.25, 0.3) is 0 Å². The van der Waals surface area contributed by atoms with Crippen LogP contribution in [0.25, 0.3) is 5.69 Å². The van der Waals surface area contributed by atoms with Crippen LogP contribution in [0.15, 0.2) is 29.4 Å². The van der Waals surface area contributed by atoms with Crippen LogP contribution in [0, 0.1) is 0 Å². The zero-order valence-corrected chi connectivity index (χ0v) is 16.4. The second kappa shape index (κ2) is 8.49. The van der Waals surface area contributed by atoms with E-state index in [0.717, 1.165) is 19.5 Å². The minimum atomic E-state index is -0.683. The lowest BCUT2D eigenvalue weighted by Crippen LogP contribution is -2.43. The molecule has 1 aromatic heterocycles. The number of anilines is 1. The van der Waals surface area contributed by atoms with Crippen LogP contribution < -0.4 is 10.6 Å². The fourth-order valence-corrected chi connectivity index (χ4v) is 3.43. The molecule has 2 amide bonds. The first-order valence-electron chi connectivity index (χ1n) is 8.76. The van der Waals surface area contributed by atoms with Gasteiger partial charge in [-0.2, -0.15) is 4.68 Å². The molecular weight excluding hydrogens is 366 g/mol. The molecule has 0 aliphatic carbocycles. The fraction of sp³-hybridized carbons (Fsp3) is 0.471. The van der Waals surface area contributed by atoms with E-state index in [1.54, 1.807) is 22.9 Å². The summed E-state index contributed by atoms with van der Waals surface area (Å²) < 4.78 is 1.57. The Morgan fingerprint density at radius 3 is 2.81 bits per heavy atom. The highest BCUT2D eigenvalue weighted by Crippen LogP contribution is 2.18. The SMILES string of the molecule is CSc1nnnn1-c1cccc(NC(=O)C(=O)NC2CCN(C(C)C)C2)c1. The smallest absolute Gasteiger partial charge is 0.313 e. The van der Waals surface area contributed by atoms with Gasteiger partial charge in [-0.3, -0.25) is 14.5 Å². The van der Waals surface area contributed by atoms with Gasteiger partial charge in [0.05, 0.1) is 5.69 Å². The minimum Gasteiger partial charge on any atom is -0.344 e. The minimum absolute atomic E-state index is 0.00217. The van der Waals surface area contributed by atoms with Crippen LogP contribution in [-0.2, 0) is 9.59 Å². The molecule has 2 N–H and O–H groups in total. The third kappa shape index (κ3) is 4.64. The number of rotatable bonds is 5. The van der Waals surface area contributed by atoms with Crippen molar-refractivity contribution in [3.63, 3.8) is 0 Å². The van der Waals surface area contributed by atoms with Crippen LogP contribution in [0.4, 0.5) is 5.69 Å². The van der Waals surface area contributed by atoms with Gasteiger partial charge in [0.15, 0.2) is 0 Å². The summed E-state index contributed by atoms with van der Waals surface area (Å²) in [6.07, 6.45) is 2.73. The lowest BCUT2D eigenvalue weighted by molar-refractivity contribution is -0.136. The predicted molar refractivity (Wildman–Crippen MR) is 103 cm³/mol. The molecule has 2 aromatic rings. The van der Waals surface area contributed by atoms with E-state index in [1.807, 2.05) is 12.3 Å². The Hall–Kier alpha value is -2.46. The Morgan fingerprint density at radius 2 is 2.11 bits per heavy atom. The van der Waals surface area contributed by atoms with Gasteiger partial charge in [-0.25, -0.2) is 0 Å². The number of hydrogen-bond acceptors (Lipinski definition) is 7. The van der Waals surface area contributed by atoms with E-state index < -0.39 is 11.8 Å². The summed E-state index contributed by atoms with van der Waals surface area (Å²) in [5.74, 6) is -1.31. The zero-order chi connectivity index (χ0) is 19.4. The molecule has 144 valence electrons. The maximum atomic E-state index is 12.2. The number of carbonyl (C=O) groups excluding carboxylic acids is 2. The molecule has 0 bridgehead atoms. The lowest BCUT2D eigenvalue weighted by atomic mass is 10.2. The van der Waals surface area contributed by atoms with E-state index in [1.165, 1.54) is 11.8 Å². The van der Waals surface area contributed by atoms with Crippen LogP contribution in [0.2, 0.25) is 0 Å². The summed E-state index contributed by atoms with van der Waals surface area (Å²) in [5.41, 5.74) is 1.20. The molecule has 3 rings (SSSR count). The van der Waals surface area contributed by atoms with Crippen molar-refractivity contribution >= 4 is 29.3 Å². The van der Waals surface area contributed by atoms with Crippen molar-refractivity contribution in [2.75, 3.05) is 24.7 Å². The normalized spacial score (nSPS) is 17.3. The van der Waals surface area contributed by atoms with E-state index in [0.29, 0.717) is 22.6 Å². The van der Waals surface area contributed by atoms with Crippen molar-refractivity contribution < 1.29 is 9.59 Å². The molecule has 1 saturated heterocycles. The Morgan fingerprint density at radius 1 is 1.30 bits per heavy atom. The summed E-state index contributed by atoms with van der Waals surface area (Å²) in [7, 11) is 0. The number of nitrogens with zero attached hydrogens (tertiary/aromatic N) is 5. The first kappa shape index (κ1) is 19.3. The molecule has 1 unspecified atom stereocenters. The number of thioether (sulfide) groups is 1. The number of aromatic nitrogens is 4. The molecule has 0 radical (unpaired) electrons. The molecule has 1 atom stereocenters. The van der Waals surface area contributed by atoms with E-state index >= 15 is 0 Å². The Bertz CT molecular complexity index is 823. The van der Waals surface area contributed by atoms with E-state index in [9.17, 15) is 9.59 Å². The van der Waals surface area contributed by atoms with Crippen LogP contribution >= 0.6 is 11.8 Å². The molecule has 2 heterocycles. The van der Waals surface area contributed by atoms with Gasteiger partial charge >= 0.3 is 11.8 Å². The highest BCUT2D eigenvalue weighted by atomic mass is 32.2. The van der Waals surface area contributed by atoms with Gasteiger partial charge in [-0.15, -0.1) is 5.10 Å². The van der Waals surface area contributed by atoms with Gasteiger partial charge < -0.3 is 10.6 Å². The quantitative estimate of drug-likeness (QED) is 0.579. The number of amides is 2. The molecule has 1 aliphatic rings. The Balaban J connectivity index is 1.61. The largest absolute Gasteiger partial charge is 0.344 e. The van der Waals surface area contributed by atoms with Crippen molar-refractivity contribution in [1.29, 1.82) is 0 Å². The highest BCUT2D eigenvalue weighted by Gasteiger charge is 2.27. The third-order valence-electron chi connectivity index (χ3n) is 4.46. The summed E-state index contributed by atoms with van der Waals surface area (Å²) >= 11 is 1.41. The molecule has 0 saturated carbocycles. The van der Waals surface area contributed by atoms with Gasteiger partial charge in [0.1, 0.15) is 0 Å². The summed E-state index contributed by atoms with van der Waals surface area (Å²) in [5, 5.41) is 17.6. The predicted octanol–water partition coefficient (Wildman–Crippen LogP) is 0.922. The summed E-state index contributed by atoms with van der Waals surface area (Å²) in [4.78, 5) is 26.7. The Kier molecular flexibility index (Phi) is 6.07. The number of likely N-dealkylation sites (tertiary alicyclic amines) is 1. The first-order chi connectivity index (χ1) is 13.0. The zero-order valence-electron chi connectivity index (χ0n) is 15.5. The Labute approximate surface area is 161 Å². The highest BCUT2D eigenvalue weighted by molar-refractivity contribution is 7.98. The van der Waals surface area contributed by atoms with Crippen molar-refractivity contribution in [2.45, 2.75) is 37.5 Å². The molecule has 27 heavy (non-hydrogen) atoms. The average Bonchev–Trinajstić information content (AvgIpc) is 3.31. The average molecular weight is 389 g/mol. The van der Waals surface area contributed by atoms with Gasteiger partial charge in [-0.1, -0.05) is 17.8 Å². The molecule has 1 fully saturated rings. The second-order valence-corrected chi connectivity index (χ2v) is 7.40. The number of tetrazole rings is 1. The van der Waals surface area contributed by atoms with Crippen LogP contribution in [0.3, 0.4) is 0 Å². The van der Waals surface area contributed by atoms with Gasteiger partial charge in [0.2, 0.25) is 5.16 Å². The monoisotopic (exact) mass is 389 g/mol. The standard InChI is InChI=1S/C17H23N7O2S/c1-11(2)23-8-7-13(10-23)19-16(26)15(25)18-12-5-4-6-14(9-12)24-17(27-3)20-21-22-24/h4-6,9,11,13H,7-8,10H2,1-3H3,(H,18,25)(H,19,26). The molecule has 9 nitrogen and oxygen atoms in total. The van der Waals surface area contributed by atoms with E-state index in [2.05, 4.69) is 44.9 Å². The topological polar surface area (TPSA) is 105 Å². The lowest BCUT2D eigenvalue weighted by Gasteiger charge is -2.20. The van der Waals surface area contributed by atoms with Crippen molar-refractivity contribution in [3.8, 4) is 5.69 Å². The summed E-state index contributed by atoms with van der Waals surface area (Å²) in [6.45, 7) is 5.94. The van der Waals surface area contributed by atoms with E-state index in [-0.39, 0.29) is 6.04 Å². The number of benzene rings is 1. The maximum absolute atomic E-state index is 12.2. The van der Waals surface area contributed by atoms with Gasteiger partial charge in [0, 0.05) is 30.9 Å². The third-order valence-corrected chi connectivity index (χ3v) is 5.08. The van der Waals surface area contributed by atoms with Gasteiger partial charge in [-0.05, 0) is 55.1 Å². The fourth-order valence-electron chi connectivity index (χ4n) is 3.00. The molecule has 10 heteroatoms. The number of hydrogen-bond donors (Lipinski definition) is 2. The molecule has 1 aliphatic heterocycles.